The van der Waals surface area contributed by atoms with Crippen LogP contribution in [0.4, 0.5) is 5.82 Å². The van der Waals surface area contributed by atoms with Gasteiger partial charge in [-0.05, 0) is 50.5 Å². The van der Waals surface area contributed by atoms with Gasteiger partial charge in [0.2, 0.25) is 0 Å². The summed E-state index contributed by atoms with van der Waals surface area (Å²) in [6.45, 7) is 5.77. The Morgan fingerprint density at radius 2 is 2.17 bits per heavy atom. The number of carbonyl (C=O) groups is 1. The summed E-state index contributed by atoms with van der Waals surface area (Å²) in [7, 11) is 1.85. The standard InChI is InChI=1S/C17H23N5O/c1-12-6-7-18-16(9-12)22-8-4-5-14(11-22)19-17(23)15-10-13(2)21(3)20-15/h6-7,9-10,14H,4-5,8,11H2,1-3H3,(H,19,23). The maximum absolute atomic E-state index is 12.4. The lowest BCUT2D eigenvalue weighted by Gasteiger charge is -2.34. The number of nitrogens with one attached hydrogen (secondary N) is 1. The minimum atomic E-state index is -0.0993. The lowest BCUT2D eigenvalue weighted by atomic mass is 10.1. The zero-order valence-corrected chi connectivity index (χ0v) is 13.9. The third-order valence-electron chi connectivity index (χ3n) is 4.33. The molecule has 1 aliphatic heterocycles. The second-order valence-corrected chi connectivity index (χ2v) is 6.24. The van der Waals surface area contributed by atoms with E-state index in [4.69, 9.17) is 0 Å². The van der Waals surface area contributed by atoms with E-state index < -0.39 is 0 Å². The predicted octanol–water partition coefficient (Wildman–Crippen LogP) is 1.83. The van der Waals surface area contributed by atoms with Crippen LogP contribution in [-0.2, 0) is 7.05 Å². The molecule has 1 atom stereocenters. The maximum atomic E-state index is 12.4. The number of carbonyl (C=O) groups excluding carboxylic acids is 1. The largest absolute Gasteiger partial charge is 0.355 e. The van der Waals surface area contributed by atoms with Crippen molar-refractivity contribution in [3.05, 3.63) is 41.3 Å². The molecule has 1 amide bonds. The average Bonchev–Trinajstić information content (AvgIpc) is 2.87. The Morgan fingerprint density at radius 1 is 1.35 bits per heavy atom. The number of pyridine rings is 1. The molecule has 1 aliphatic rings. The van der Waals surface area contributed by atoms with Gasteiger partial charge in [-0.2, -0.15) is 5.10 Å². The van der Waals surface area contributed by atoms with Crippen molar-refractivity contribution in [2.75, 3.05) is 18.0 Å². The summed E-state index contributed by atoms with van der Waals surface area (Å²) in [5.74, 6) is 0.885. The highest BCUT2D eigenvalue weighted by atomic mass is 16.2. The number of piperidine rings is 1. The first-order chi connectivity index (χ1) is 11.0. The molecule has 23 heavy (non-hydrogen) atoms. The van der Waals surface area contributed by atoms with Crippen molar-refractivity contribution in [1.29, 1.82) is 0 Å². The van der Waals surface area contributed by atoms with E-state index in [9.17, 15) is 4.79 Å². The molecule has 3 rings (SSSR count). The fourth-order valence-corrected chi connectivity index (χ4v) is 2.93. The van der Waals surface area contributed by atoms with Gasteiger partial charge in [0.15, 0.2) is 0 Å². The topological polar surface area (TPSA) is 63.1 Å². The number of nitrogens with zero attached hydrogens (tertiary/aromatic N) is 4. The van der Waals surface area contributed by atoms with Crippen LogP contribution in [0.5, 0.6) is 0 Å². The van der Waals surface area contributed by atoms with E-state index in [-0.39, 0.29) is 11.9 Å². The van der Waals surface area contributed by atoms with Gasteiger partial charge in [0.1, 0.15) is 11.5 Å². The van der Waals surface area contributed by atoms with Crippen LogP contribution in [0.15, 0.2) is 24.4 Å². The number of rotatable bonds is 3. The summed E-state index contributed by atoms with van der Waals surface area (Å²) < 4.78 is 1.72. The summed E-state index contributed by atoms with van der Waals surface area (Å²) in [6.07, 6.45) is 3.87. The van der Waals surface area contributed by atoms with Crippen LogP contribution < -0.4 is 10.2 Å². The Kier molecular flexibility index (Phi) is 4.32. The zero-order valence-electron chi connectivity index (χ0n) is 13.9. The van der Waals surface area contributed by atoms with E-state index >= 15 is 0 Å². The lowest BCUT2D eigenvalue weighted by molar-refractivity contribution is 0.0927. The number of anilines is 1. The fraction of sp³-hybridized carbons (Fsp3) is 0.471. The highest BCUT2D eigenvalue weighted by Crippen LogP contribution is 2.18. The third kappa shape index (κ3) is 3.52. The molecule has 6 nitrogen and oxygen atoms in total. The molecule has 0 aromatic carbocycles. The summed E-state index contributed by atoms with van der Waals surface area (Å²) >= 11 is 0. The minimum absolute atomic E-state index is 0.0993. The van der Waals surface area contributed by atoms with Gasteiger partial charge in [0, 0.05) is 38.1 Å². The number of aromatic nitrogens is 3. The fourth-order valence-electron chi connectivity index (χ4n) is 2.93. The second kappa shape index (κ2) is 6.40. The van der Waals surface area contributed by atoms with Crippen LogP contribution in [0.2, 0.25) is 0 Å². The first-order valence-corrected chi connectivity index (χ1v) is 8.02. The smallest absolute Gasteiger partial charge is 0.272 e. The normalized spacial score (nSPS) is 18.0. The van der Waals surface area contributed by atoms with Gasteiger partial charge >= 0.3 is 0 Å². The molecule has 2 aromatic rings. The molecule has 2 aromatic heterocycles. The van der Waals surface area contributed by atoms with Crippen molar-refractivity contribution in [2.45, 2.75) is 32.7 Å². The lowest BCUT2D eigenvalue weighted by Crippen LogP contribution is -2.48. The highest BCUT2D eigenvalue weighted by molar-refractivity contribution is 5.92. The van der Waals surface area contributed by atoms with Gasteiger partial charge in [0.05, 0.1) is 0 Å². The van der Waals surface area contributed by atoms with E-state index in [0.29, 0.717) is 5.69 Å². The van der Waals surface area contributed by atoms with Crippen molar-refractivity contribution in [3.8, 4) is 0 Å². The van der Waals surface area contributed by atoms with E-state index in [0.717, 1.165) is 37.4 Å². The van der Waals surface area contributed by atoms with Crippen LogP contribution in [0, 0.1) is 13.8 Å². The monoisotopic (exact) mass is 313 g/mol. The molecular weight excluding hydrogens is 290 g/mol. The molecule has 0 aliphatic carbocycles. The van der Waals surface area contributed by atoms with Gasteiger partial charge in [-0.1, -0.05) is 0 Å². The van der Waals surface area contributed by atoms with Crippen LogP contribution in [0.25, 0.3) is 0 Å². The molecule has 0 saturated carbocycles. The van der Waals surface area contributed by atoms with Gasteiger partial charge in [-0.25, -0.2) is 4.98 Å². The molecular formula is C17H23N5O. The van der Waals surface area contributed by atoms with E-state index in [2.05, 4.69) is 33.3 Å². The van der Waals surface area contributed by atoms with E-state index in [1.165, 1.54) is 5.56 Å². The Morgan fingerprint density at radius 3 is 2.87 bits per heavy atom. The molecule has 1 fully saturated rings. The van der Waals surface area contributed by atoms with E-state index in [1.54, 1.807) is 4.68 Å². The van der Waals surface area contributed by atoms with Crippen LogP contribution in [0.3, 0.4) is 0 Å². The zero-order chi connectivity index (χ0) is 16.4. The number of amides is 1. The molecule has 1 unspecified atom stereocenters. The number of hydrogen-bond donors (Lipinski definition) is 1. The van der Waals surface area contributed by atoms with Gasteiger partial charge in [-0.3, -0.25) is 9.48 Å². The first-order valence-electron chi connectivity index (χ1n) is 8.02. The molecule has 0 radical (unpaired) electrons. The minimum Gasteiger partial charge on any atom is -0.355 e. The molecule has 122 valence electrons. The first kappa shape index (κ1) is 15.5. The number of aryl methyl sites for hydroxylation is 3. The van der Waals surface area contributed by atoms with Gasteiger partial charge in [-0.15, -0.1) is 0 Å². The van der Waals surface area contributed by atoms with Gasteiger partial charge in [0.25, 0.3) is 5.91 Å². The molecule has 6 heteroatoms. The Hall–Kier alpha value is -2.37. The van der Waals surface area contributed by atoms with Crippen LogP contribution >= 0.6 is 0 Å². The highest BCUT2D eigenvalue weighted by Gasteiger charge is 2.23. The summed E-state index contributed by atoms with van der Waals surface area (Å²) in [6, 6.07) is 6.03. The van der Waals surface area contributed by atoms with Crippen molar-refractivity contribution in [2.24, 2.45) is 7.05 Å². The van der Waals surface area contributed by atoms with Crippen molar-refractivity contribution < 1.29 is 4.79 Å². The molecule has 1 saturated heterocycles. The van der Waals surface area contributed by atoms with E-state index in [1.807, 2.05) is 32.3 Å². The quantitative estimate of drug-likeness (QED) is 0.939. The van der Waals surface area contributed by atoms with Crippen molar-refractivity contribution >= 4 is 11.7 Å². The van der Waals surface area contributed by atoms with Gasteiger partial charge < -0.3 is 10.2 Å². The SMILES string of the molecule is Cc1ccnc(N2CCCC(NC(=O)c3cc(C)n(C)n3)C2)c1. The Balaban J connectivity index is 1.65. The maximum Gasteiger partial charge on any atom is 0.272 e. The summed E-state index contributed by atoms with van der Waals surface area (Å²) in [5, 5.41) is 7.35. The molecule has 0 spiro atoms. The Labute approximate surface area is 136 Å². The number of hydrogen-bond acceptors (Lipinski definition) is 4. The van der Waals surface area contributed by atoms with Crippen molar-refractivity contribution in [3.63, 3.8) is 0 Å². The second-order valence-electron chi connectivity index (χ2n) is 6.24. The molecule has 3 heterocycles. The van der Waals surface area contributed by atoms with Crippen LogP contribution in [-0.4, -0.2) is 39.8 Å². The van der Waals surface area contributed by atoms with Crippen LogP contribution in [0.1, 0.15) is 34.6 Å². The third-order valence-corrected chi connectivity index (χ3v) is 4.33. The predicted molar refractivity (Wildman–Crippen MR) is 89.6 cm³/mol. The Bertz CT molecular complexity index is 689. The molecule has 1 N–H and O–H groups in total. The average molecular weight is 313 g/mol. The summed E-state index contributed by atoms with van der Waals surface area (Å²) in [4.78, 5) is 19.0. The molecule has 0 bridgehead atoms. The van der Waals surface area contributed by atoms with Crippen molar-refractivity contribution in [1.82, 2.24) is 20.1 Å². The summed E-state index contributed by atoms with van der Waals surface area (Å²) in [5.41, 5.74) is 2.66.